The molecule has 0 fully saturated rings. The van der Waals surface area contributed by atoms with Crippen LogP contribution in [0, 0.1) is 0 Å². The first-order valence-electron chi connectivity index (χ1n) is 5.08. The third kappa shape index (κ3) is 1.94. The van der Waals surface area contributed by atoms with Crippen LogP contribution in [0.25, 0.3) is 0 Å². The minimum absolute atomic E-state index is 0.190. The predicted octanol–water partition coefficient (Wildman–Crippen LogP) is 2.25. The van der Waals surface area contributed by atoms with Crippen molar-refractivity contribution in [2.24, 2.45) is 16.0 Å². The number of nitrogens with two attached hydrogens (primary N) is 1. The van der Waals surface area contributed by atoms with Gasteiger partial charge < -0.3 is 10.8 Å². The summed E-state index contributed by atoms with van der Waals surface area (Å²) in [7, 11) is 0. The molecule has 0 amide bonds. The summed E-state index contributed by atoms with van der Waals surface area (Å²) in [4.78, 5) is 11.3. The van der Waals surface area contributed by atoms with Crippen LogP contribution >= 0.6 is 0 Å². The van der Waals surface area contributed by atoms with Gasteiger partial charge in [-0.05, 0) is 17.7 Å². The largest absolute Gasteiger partial charge is 0.479 e. The fraction of sp³-hybridized carbons (Fsp3) is 0.182. The predicted molar refractivity (Wildman–Crippen MR) is 57.9 cm³/mol. The van der Waals surface area contributed by atoms with Crippen molar-refractivity contribution in [1.29, 1.82) is 0 Å². The van der Waals surface area contributed by atoms with Gasteiger partial charge in [0, 0.05) is 0 Å². The quantitative estimate of drug-likeness (QED) is 0.864. The highest BCUT2D eigenvalue weighted by Crippen LogP contribution is 2.38. The second kappa shape index (κ2) is 4.08. The van der Waals surface area contributed by atoms with Gasteiger partial charge in [-0.25, -0.2) is 4.79 Å². The van der Waals surface area contributed by atoms with Crippen LogP contribution in [0.2, 0.25) is 0 Å². The van der Waals surface area contributed by atoms with Crippen LogP contribution in [0.4, 0.5) is 13.2 Å². The maximum absolute atomic E-state index is 12.6. The molecule has 19 heavy (non-hydrogen) atoms. The van der Waals surface area contributed by atoms with Crippen molar-refractivity contribution in [2.45, 2.75) is 11.7 Å². The number of hydrogen-bond donors (Lipinski definition) is 2. The molecule has 1 heterocycles. The van der Waals surface area contributed by atoms with Crippen molar-refractivity contribution in [1.82, 2.24) is 0 Å². The zero-order chi connectivity index (χ0) is 14.3. The average Bonchev–Trinajstić information content (AvgIpc) is 2.71. The maximum Gasteiger partial charge on any atom is 0.416 e. The smallest absolute Gasteiger partial charge is 0.416 e. The number of aliphatic carboxylic acids is 1. The average molecular weight is 271 g/mol. The van der Waals surface area contributed by atoms with Gasteiger partial charge in [0.2, 0.25) is 5.54 Å². The van der Waals surface area contributed by atoms with Gasteiger partial charge in [-0.2, -0.15) is 23.4 Å². The van der Waals surface area contributed by atoms with Crippen molar-refractivity contribution >= 4 is 5.97 Å². The third-order valence-corrected chi connectivity index (χ3v) is 2.74. The molecule has 1 unspecified atom stereocenters. The molecule has 1 aliphatic heterocycles. The number of carboxylic acid groups (broad SMARTS) is 1. The van der Waals surface area contributed by atoms with Crippen LogP contribution in [0.5, 0.6) is 0 Å². The summed E-state index contributed by atoms with van der Waals surface area (Å²) < 4.78 is 37.9. The van der Waals surface area contributed by atoms with Crippen LogP contribution in [-0.4, -0.2) is 11.1 Å². The number of azo groups is 1. The Bertz CT molecular complexity index is 595. The molecule has 1 aliphatic rings. The van der Waals surface area contributed by atoms with Crippen molar-refractivity contribution in [3.05, 3.63) is 47.3 Å². The van der Waals surface area contributed by atoms with Crippen LogP contribution < -0.4 is 5.73 Å². The molecule has 0 bridgehead atoms. The lowest BCUT2D eigenvalue weighted by Crippen LogP contribution is -2.37. The Labute approximate surface area is 105 Å². The molecular weight excluding hydrogens is 263 g/mol. The van der Waals surface area contributed by atoms with E-state index in [9.17, 15) is 23.1 Å². The zero-order valence-electron chi connectivity index (χ0n) is 9.35. The van der Waals surface area contributed by atoms with Gasteiger partial charge in [-0.3, -0.25) is 0 Å². The highest BCUT2D eigenvalue weighted by Gasteiger charge is 2.47. The Balaban J connectivity index is 2.61. The van der Waals surface area contributed by atoms with Crippen molar-refractivity contribution in [3.63, 3.8) is 0 Å². The van der Waals surface area contributed by atoms with Crippen molar-refractivity contribution in [2.75, 3.05) is 0 Å². The first kappa shape index (κ1) is 13.1. The number of nitrogens with zero attached hydrogens (tertiary/aromatic N) is 2. The normalized spacial score (nSPS) is 22.4. The van der Waals surface area contributed by atoms with Crippen LogP contribution in [0.3, 0.4) is 0 Å². The minimum atomic E-state index is -4.58. The van der Waals surface area contributed by atoms with E-state index in [-0.39, 0.29) is 11.3 Å². The van der Waals surface area contributed by atoms with E-state index in [0.717, 1.165) is 18.3 Å². The summed E-state index contributed by atoms with van der Waals surface area (Å²) in [6.07, 6.45) is -3.57. The second-order valence-electron chi connectivity index (χ2n) is 3.89. The Hall–Kier alpha value is -2.38. The molecule has 5 nitrogen and oxygen atoms in total. The molecule has 1 aromatic rings. The van der Waals surface area contributed by atoms with Gasteiger partial charge >= 0.3 is 12.1 Å². The molecule has 0 spiro atoms. The van der Waals surface area contributed by atoms with Gasteiger partial charge in [0.15, 0.2) is 0 Å². The lowest BCUT2D eigenvalue weighted by Gasteiger charge is -2.22. The summed E-state index contributed by atoms with van der Waals surface area (Å²) in [5, 5.41) is 16.1. The van der Waals surface area contributed by atoms with Crippen molar-refractivity contribution in [3.8, 4) is 0 Å². The highest BCUT2D eigenvalue weighted by atomic mass is 19.4. The molecule has 0 radical (unpaired) electrons. The number of halogens is 3. The van der Waals surface area contributed by atoms with E-state index in [1.165, 1.54) is 6.07 Å². The molecule has 3 N–H and O–H groups in total. The van der Waals surface area contributed by atoms with Gasteiger partial charge in [-0.15, -0.1) is 0 Å². The van der Waals surface area contributed by atoms with Crippen LogP contribution in [0.15, 0.2) is 46.4 Å². The topological polar surface area (TPSA) is 88.0 Å². The number of carbonyl (C=O) groups is 1. The maximum atomic E-state index is 12.6. The van der Waals surface area contributed by atoms with E-state index in [0.29, 0.717) is 6.07 Å². The van der Waals surface area contributed by atoms with Crippen LogP contribution in [-0.2, 0) is 16.5 Å². The first-order chi connectivity index (χ1) is 8.78. The molecule has 0 aromatic heterocycles. The van der Waals surface area contributed by atoms with E-state index in [4.69, 9.17) is 5.73 Å². The molecule has 8 heteroatoms. The second-order valence-corrected chi connectivity index (χ2v) is 3.89. The standard InChI is InChI=1S/C11H8F3N3O2/c12-11(13,14)7-3-1-2-6(4-7)10(9(18)19)8(15)5-16-17-10/h1-5H,15H2,(H,18,19). The SMILES string of the molecule is NC1=CN=NC1(C(=O)O)c1cccc(C(F)(F)F)c1. The molecule has 0 saturated heterocycles. The summed E-state index contributed by atoms with van der Waals surface area (Å²) in [6, 6.07) is 3.86. The molecule has 100 valence electrons. The summed E-state index contributed by atoms with van der Waals surface area (Å²) >= 11 is 0. The molecular formula is C11H8F3N3O2. The van der Waals surface area contributed by atoms with Crippen LogP contribution in [0.1, 0.15) is 11.1 Å². The fourth-order valence-electron chi connectivity index (χ4n) is 1.76. The Kier molecular flexibility index (Phi) is 2.80. The van der Waals surface area contributed by atoms with E-state index >= 15 is 0 Å². The molecule has 1 atom stereocenters. The fourth-order valence-corrected chi connectivity index (χ4v) is 1.76. The number of benzene rings is 1. The number of hydrogen-bond acceptors (Lipinski definition) is 4. The van der Waals surface area contributed by atoms with Gasteiger partial charge in [0.05, 0.1) is 17.5 Å². The molecule has 0 aliphatic carbocycles. The van der Waals surface area contributed by atoms with E-state index < -0.39 is 23.2 Å². The van der Waals surface area contributed by atoms with E-state index in [2.05, 4.69) is 10.2 Å². The number of rotatable bonds is 2. The molecule has 2 rings (SSSR count). The lowest BCUT2D eigenvalue weighted by molar-refractivity contribution is -0.143. The Morgan fingerprint density at radius 3 is 2.53 bits per heavy atom. The van der Waals surface area contributed by atoms with Gasteiger partial charge in [0.1, 0.15) is 0 Å². The van der Waals surface area contributed by atoms with E-state index in [1.54, 1.807) is 0 Å². The first-order valence-corrected chi connectivity index (χ1v) is 5.08. The number of alkyl halides is 3. The van der Waals surface area contributed by atoms with Gasteiger partial charge in [-0.1, -0.05) is 12.1 Å². The minimum Gasteiger partial charge on any atom is -0.479 e. The monoisotopic (exact) mass is 271 g/mol. The van der Waals surface area contributed by atoms with Gasteiger partial charge in [0.25, 0.3) is 0 Å². The lowest BCUT2D eigenvalue weighted by atomic mass is 9.87. The summed E-state index contributed by atoms with van der Waals surface area (Å²) in [6.45, 7) is 0. The summed E-state index contributed by atoms with van der Waals surface area (Å²) in [5.41, 5.74) is 2.04. The molecule has 0 saturated carbocycles. The Morgan fingerprint density at radius 2 is 2.05 bits per heavy atom. The highest BCUT2D eigenvalue weighted by molar-refractivity contribution is 5.85. The Morgan fingerprint density at radius 1 is 1.37 bits per heavy atom. The van der Waals surface area contributed by atoms with E-state index in [1.807, 2.05) is 0 Å². The summed E-state index contributed by atoms with van der Waals surface area (Å²) in [5.74, 6) is -1.48. The van der Waals surface area contributed by atoms with Crippen molar-refractivity contribution < 1.29 is 23.1 Å². The third-order valence-electron chi connectivity index (χ3n) is 2.74. The zero-order valence-corrected chi connectivity index (χ0v) is 9.35. The molecule has 1 aromatic carbocycles. The number of carboxylic acids is 1.